The minimum Gasteiger partial charge on any atom is -0.486 e. The number of hydrogen-bond acceptors (Lipinski definition) is 6. The fourth-order valence-electron chi connectivity index (χ4n) is 2.20. The summed E-state index contributed by atoms with van der Waals surface area (Å²) in [4.78, 5) is 12.0. The maximum atomic E-state index is 12.0. The Hall–Kier alpha value is -2.22. The third-order valence-corrected chi connectivity index (χ3v) is 3.50. The minimum atomic E-state index is -0.254. The number of nitrogens with zero attached hydrogens (tertiary/aromatic N) is 3. The Balaban J connectivity index is 1.89. The van der Waals surface area contributed by atoms with Gasteiger partial charge in [-0.1, -0.05) is 5.21 Å². The standard InChI is InChI=1S/C14H16N4O3S/c1-9-13(14(19)15-4-7-22)16-17-18(9)10-2-3-11-12(8-10)21-6-5-20-11/h2-3,8,22H,4-7H2,1H3,(H,15,19). The number of benzene rings is 1. The summed E-state index contributed by atoms with van der Waals surface area (Å²) in [7, 11) is 0. The zero-order valence-electron chi connectivity index (χ0n) is 12.1. The van der Waals surface area contributed by atoms with Crippen molar-refractivity contribution >= 4 is 18.5 Å². The number of hydrogen-bond donors (Lipinski definition) is 2. The highest BCUT2D eigenvalue weighted by Crippen LogP contribution is 2.32. The molecule has 1 amide bonds. The van der Waals surface area contributed by atoms with Crippen molar-refractivity contribution in [3.63, 3.8) is 0 Å². The molecule has 0 saturated heterocycles. The van der Waals surface area contributed by atoms with Crippen molar-refractivity contribution in [2.75, 3.05) is 25.5 Å². The first-order chi connectivity index (χ1) is 10.7. The Labute approximate surface area is 133 Å². The predicted octanol–water partition coefficient (Wildman–Crippen LogP) is 1.01. The van der Waals surface area contributed by atoms with E-state index >= 15 is 0 Å². The zero-order chi connectivity index (χ0) is 15.5. The van der Waals surface area contributed by atoms with Crippen LogP contribution in [-0.2, 0) is 0 Å². The second-order valence-corrected chi connectivity index (χ2v) is 5.19. The highest BCUT2D eigenvalue weighted by Gasteiger charge is 2.18. The largest absolute Gasteiger partial charge is 0.486 e. The molecule has 1 aliphatic heterocycles. The smallest absolute Gasteiger partial charge is 0.273 e. The van der Waals surface area contributed by atoms with Crippen LogP contribution in [-0.4, -0.2) is 46.4 Å². The number of ether oxygens (including phenoxy) is 2. The molecule has 1 aliphatic rings. The van der Waals surface area contributed by atoms with Crippen LogP contribution >= 0.6 is 12.6 Å². The molecule has 7 nitrogen and oxygen atoms in total. The van der Waals surface area contributed by atoms with Gasteiger partial charge in [-0.2, -0.15) is 12.6 Å². The van der Waals surface area contributed by atoms with Gasteiger partial charge >= 0.3 is 0 Å². The maximum Gasteiger partial charge on any atom is 0.273 e. The number of aromatic nitrogens is 3. The molecule has 2 aromatic rings. The fourth-order valence-corrected chi connectivity index (χ4v) is 2.31. The Morgan fingerprint density at radius 3 is 2.91 bits per heavy atom. The molecule has 1 aromatic carbocycles. The molecule has 0 aliphatic carbocycles. The first-order valence-corrected chi connectivity index (χ1v) is 7.55. The van der Waals surface area contributed by atoms with Crippen LogP contribution in [0.2, 0.25) is 0 Å². The van der Waals surface area contributed by atoms with Crippen molar-refractivity contribution in [1.82, 2.24) is 20.3 Å². The third kappa shape index (κ3) is 2.74. The molecule has 8 heteroatoms. The van der Waals surface area contributed by atoms with Crippen LogP contribution in [0.3, 0.4) is 0 Å². The second kappa shape index (κ2) is 6.27. The molecule has 0 bridgehead atoms. The van der Waals surface area contributed by atoms with E-state index in [1.54, 1.807) is 11.6 Å². The Kier molecular flexibility index (Phi) is 4.19. The molecule has 0 spiro atoms. The summed E-state index contributed by atoms with van der Waals surface area (Å²) in [6, 6.07) is 5.50. The number of amides is 1. The summed E-state index contributed by atoms with van der Waals surface area (Å²) in [5.41, 5.74) is 1.73. The van der Waals surface area contributed by atoms with Gasteiger partial charge in [0.2, 0.25) is 0 Å². The second-order valence-electron chi connectivity index (χ2n) is 4.74. The van der Waals surface area contributed by atoms with Crippen LogP contribution in [0, 0.1) is 6.92 Å². The number of carbonyl (C=O) groups excluding carboxylic acids is 1. The van der Waals surface area contributed by atoms with Gasteiger partial charge in [0.1, 0.15) is 13.2 Å². The highest BCUT2D eigenvalue weighted by molar-refractivity contribution is 7.80. The quantitative estimate of drug-likeness (QED) is 0.822. The van der Waals surface area contributed by atoms with Crippen molar-refractivity contribution in [3.05, 3.63) is 29.6 Å². The van der Waals surface area contributed by atoms with Crippen LogP contribution in [0.1, 0.15) is 16.2 Å². The highest BCUT2D eigenvalue weighted by atomic mass is 32.1. The van der Waals surface area contributed by atoms with Gasteiger partial charge in [0.25, 0.3) is 5.91 Å². The first kappa shape index (κ1) is 14.7. The van der Waals surface area contributed by atoms with Crippen molar-refractivity contribution in [2.45, 2.75) is 6.92 Å². The van der Waals surface area contributed by atoms with Crippen molar-refractivity contribution < 1.29 is 14.3 Å². The summed E-state index contributed by atoms with van der Waals surface area (Å²) in [6.45, 7) is 3.35. The molecule has 22 heavy (non-hydrogen) atoms. The molecule has 0 fully saturated rings. The molecule has 1 N–H and O–H groups in total. The Morgan fingerprint density at radius 1 is 1.36 bits per heavy atom. The number of fused-ring (bicyclic) bond motifs is 1. The summed E-state index contributed by atoms with van der Waals surface area (Å²) in [6.07, 6.45) is 0. The lowest BCUT2D eigenvalue weighted by molar-refractivity contribution is 0.0950. The van der Waals surface area contributed by atoms with E-state index in [0.717, 1.165) is 5.69 Å². The molecule has 2 heterocycles. The topological polar surface area (TPSA) is 78.3 Å². The predicted molar refractivity (Wildman–Crippen MR) is 83.3 cm³/mol. The van der Waals surface area contributed by atoms with Crippen LogP contribution in [0.5, 0.6) is 11.5 Å². The van der Waals surface area contributed by atoms with Gasteiger partial charge in [0.05, 0.1) is 11.4 Å². The fraction of sp³-hybridized carbons (Fsp3) is 0.357. The number of nitrogens with one attached hydrogen (secondary N) is 1. The lowest BCUT2D eigenvalue weighted by Crippen LogP contribution is -2.26. The van der Waals surface area contributed by atoms with E-state index in [1.165, 1.54) is 0 Å². The van der Waals surface area contributed by atoms with Crippen molar-refractivity contribution in [1.29, 1.82) is 0 Å². The summed E-state index contributed by atoms with van der Waals surface area (Å²) < 4.78 is 12.7. The Morgan fingerprint density at radius 2 is 2.14 bits per heavy atom. The average Bonchev–Trinajstić information content (AvgIpc) is 2.94. The van der Waals surface area contributed by atoms with Crippen LogP contribution in [0.4, 0.5) is 0 Å². The third-order valence-electron chi connectivity index (χ3n) is 3.28. The van der Waals surface area contributed by atoms with Gasteiger partial charge in [-0.3, -0.25) is 4.79 Å². The first-order valence-electron chi connectivity index (χ1n) is 6.92. The monoisotopic (exact) mass is 320 g/mol. The molecule has 1 aromatic heterocycles. The van der Waals surface area contributed by atoms with Gasteiger partial charge in [-0.15, -0.1) is 5.10 Å². The van der Waals surface area contributed by atoms with Gasteiger partial charge < -0.3 is 14.8 Å². The molecule has 116 valence electrons. The van der Waals surface area contributed by atoms with Crippen LogP contribution in [0.25, 0.3) is 5.69 Å². The van der Waals surface area contributed by atoms with E-state index in [1.807, 2.05) is 18.2 Å². The van der Waals surface area contributed by atoms with E-state index < -0.39 is 0 Å². The lowest BCUT2D eigenvalue weighted by Gasteiger charge is -2.18. The van der Waals surface area contributed by atoms with E-state index in [0.29, 0.717) is 48.4 Å². The average molecular weight is 320 g/mol. The summed E-state index contributed by atoms with van der Waals surface area (Å²) in [5, 5.41) is 10.7. The molecule has 0 radical (unpaired) electrons. The SMILES string of the molecule is Cc1c(C(=O)NCCS)nnn1-c1ccc2c(c1)OCCO2. The molecule has 3 rings (SSSR count). The zero-order valence-corrected chi connectivity index (χ0v) is 13.0. The van der Waals surface area contributed by atoms with Crippen LogP contribution in [0.15, 0.2) is 18.2 Å². The summed E-state index contributed by atoms with van der Waals surface area (Å²) >= 11 is 4.06. The van der Waals surface area contributed by atoms with E-state index in [4.69, 9.17) is 9.47 Å². The van der Waals surface area contributed by atoms with Crippen molar-refractivity contribution in [3.8, 4) is 17.2 Å². The minimum absolute atomic E-state index is 0.254. The normalized spacial score (nSPS) is 13.0. The van der Waals surface area contributed by atoms with Crippen molar-refractivity contribution in [2.24, 2.45) is 0 Å². The van der Waals surface area contributed by atoms with E-state index in [-0.39, 0.29) is 5.91 Å². The van der Waals surface area contributed by atoms with Gasteiger partial charge in [0.15, 0.2) is 17.2 Å². The van der Waals surface area contributed by atoms with Gasteiger partial charge in [-0.25, -0.2) is 4.68 Å². The number of rotatable bonds is 4. The maximum absolute atomic E-state index is 12.0. The lowest BCUT2D eigenvalue weighted by atomic mass is 10.2. The van der Waals surface area contributed by atoms with Gasteiger partial charge in [-0.05, 0) is 19.1 Å². The Bertz CT molecular complexity index is 701. The summed E-state index contributed by atoms with van der Waals surface area (Å²) in [5.74, 6) is 1.69. The molecule has 0 unspecified atom stereocenters. The van der Waals surface area contributed by atoms with Crippen LogP contribution < -0.4 is 14.8 Å². The molecular weight excluding hydrogens is 304 g/mol. The molecular formula is C14H16N4O3S. The molecule has 0 atom stereocenters. The van der Waals surface area contributed by atoms with E-state index in [9.17, 15) is 4.79 Å². The number of thiol groups is 1. The van der Waals surface area contributed by atoms with Gasteiger partial charge in [0, 0.05) is 18.4 Å². The number of carbonyl (C=O) groups is 1. The van der Waals surface area contributed by atoms with E-state index in [2.05, 4.69) is 28.3 Å². The molecule has 0 saturated carbocycles.